The zero-order valence-corrected chi connectivity index (χ0v) is 18.4. The molecule has 0 radical (unpaired) electrons. The predicted molar refractivity (Wildman–Crippen MR) is 116 cm³/mol. The van der Waals surface area contributed by atoms with E-state index in [0.29, 0.717) is 10.4 Å². The summed E-state index contributed by atoms with van der Waals surface area (Å²) < 4.78 is 10.5. The van der Waals surface area contributed by atoms with E-state index in [9.17, 15) is 9.59 Å². The maximum Gasteiger partial charge on any atom is 0.348 e. The molecule has 0 saturated heterocycles. The van der Waals surface area contributed by atoms with Crippen LogP contribution in [0.5, 0.6) is 0 Å². The van der Waals surface area contributed by atoms with Gasteiger partial charge in [-0.25, -0.2) is 9.59 Å². The average molecular weight is 413 g/mol. The second-order valence-electron chi connectivity index (χ2n) is 8.76. The van der Waals surface area contributed by atoms with E-state index >= 15 is 0 Å². The zero-order valence-electron chi connectivity index (χ0n) is 17.5. The van der Waals surface area contributed by atoms with Gasteiger partial charge in [-0.3, -0.25) is 0 Å². The Balaban J connectivity index is 1.70. The molecule has 1 heterocycles. The minimum Gasteiger partial charge on any atom is -0.457 e. The number of thiophene rings is 1. The zero-order chi connectivity index (χ0) is 21.2. The first kappa shape index (κ1) is 21.3. The molecule has 0 aliphatic heterocycles. The first-order valence-corrected chi connectivity index (χ1v) is 10.6. The van der Waals surface area contributed by atoms with Gasteiger partial charge in [-0.2, -0.15) is 0 Å². The van der Waals surface area contributed by atoms with Crippen LogP contribution >= 0.6 is 11.3 Å². The van der Waals surface area contributed by atoms with Crippen molar-refractivity contribution in [2.45, 2.75) is 58.0 Å². The van der Waals surface area contributed by atoms with Crippen LogP contribution in [0.3, 0.4) is 0 Å². The summed E-state index contributed by atoms with van der Waals surface area (Å²) in [4.78, 5) is 25.8. The highest BCUT2D eigenvalue weighted by Gasteiger charge is 2.37. The highest BCUT2D eigenvalue weighted by Crippen LogP contribution is 2.45. The van der Waals surface area contributed by atoms with Crippen molar-refractivity contribution in [2.75, 3.05) is 6.61 Å². The molecule has 0 bridgehead atoms. The molecule has 0 N–H and O–H groups in total. The van der Waals surface area contributed by atoms with Gasteiger partial charge < -0.3 is 9.47 Å². The van der Waals surface area contributed by atoms with Crippen molar-refractivity contribution in [3.63, 3.8) is 0 Å². The highest BCUT2D eigenvalue weighted by molar-refractivity contribution is 7.13. The molecule has 0 spiro atoms. The Labute approximate surface area is 176 Å². The summed E-state index contributed by atoms with van der Waals surface area (Å²) in [5.41, 5.74) is 3.26. The molecule has 154 valence electrons. The van der Waals surface area contributed by atoms with Gasteiger partial charge in [0.05, 0.1) is 5.56 Å². The standard InChI is InChI=1S/C24H28O4S/c1-6-13-27-22(26)20-10-8-17(29-20)15-28-21(25)16-7-9-18-19(14-16)24(4,5)12-11-23(18,2)3/h6-10,14H,1,11-13,15H2,2-5H3. The molecule has 0 atom stereocenters. The Kier molecular flexibility index (Phi) is 5.99. The van der Waals surface area contributed by atoms with Crippen LogP contribution in [0, 0.1) is 0 Å². The smallest absolute Gasteiger partial charge is 0.348 e. The number of rotatable bonds is 6. The fourth-order valence-corrected chi connectivity index (χ4v) is 4.52. The van der Waals surface area contributed by atoms with Crippen molar-refractivity contribution in [3.8, 4) is 0 Å². The molecule has 3 rings (SSSR count). The lowest BCUT2D eigenvalue weighted by atomic mass is 9.63. The lowest BCUT2D eigenvalue weighted by Crippen LogP contribution is -2.34. The van der Waals surface area contributed by atoms with Gasteiger partial charge in [0.2, 0.25) is 0 Å². The second kappa shape index (κ2) is 8.15. The third-order valence-electron chi connectivity index (χ3n) is 5.63. The molecule has 0 unspecified atom stereocenters. The van der Waals surface area contributed by atoms with Crippen molar-refractivity contribution < 1.29 is 19.1 Å². The maximum atomic E-state index is 12.6. The molecule has 29 heavy (non-hydrogen) atoms. The minimum atomic E-state index is -0.396. The predicted octanol–water partition coefficient (Wildman–Crippen LogP) is 5.80. The molecular weight excluding hydrogens is 384 g/mol. The van der Waals surface area contributed by atoms with Crippen LogP contribution in [-0.4, -0.2) is 18.5 Å². The van der Waals surface area contributed by atoms with Gasteiger partial charge in [0.1, 0.15) is 18.1 Å². The normalized spacial score (nSPS) is 16.6. The van der Waals surface area contributed by atoms with Crippen molar-refractivity contribution in [1.82, 2.24) is 0 Å². The Bertz CT molecular complexity index is 936. The Morgan fingerprint density at radius 3 is 2.38 bits per heavy atom. The van der Waals surface area contributed by atoms with E-state index in [-0.39, 0.29) is 30.0 Å². The van der Waals surface area contributed by atoms with Crippen LogP contribution in [0.4, 0.5) is 0 Å². The molecule has 0 fully saturated rings. The topological polar surface area (TPSA) is 52.6 Å². The molecule has 4 nitrogen and oxygen atoms in total. The molecule has 1 aromatic heterocycles. The molecule has 1 aromatic carbocycles. The van der Waals surface area contributed by atoms with Crippen LogP contribution in [0.1, 0.15) is 76.6 Å². The SMILES string of the molecule is C=CCOC(=O)c1ccc(COC(=O)c2ccc3c(c2)C(C)(C)CCC3(C)C)s1. The number of carbonyl (C=O) groups excluding carboxylic acids is 2. The average Bonchev–Trinajstić information content (AvgIpc) is 3.17. The maximum absolute atomic E-state index is 12.6. The Morgan fingerprint density at radius 1 is 1.00 bits per heavy atom. The molecule has 1 aliphatic rings. The van der Waals surface area contributed by atoms with E-state index in [1.54, 1.807) is 12.1 Å². The van der Waals surface area contributed by atoms with Crippen LogP contribution in [0.2, 0.25) is 0 Å². The highest BCUT2D eigenvalue weighted by atomic mass is 32.1. The molecule has 1 aliphatic carbocycles. The van der Waals surface area contributed by atoms with Crippen LogP contribution in [-0.2, 0) is 26.9 Å². The Morgan fingerprint density at radius 2 is 1.69 bits per heavy atom. The molecule has 5 heteroatoms. The first-order valence-electron chi connectivity index (χ1n) is 9.83. The first-order chi connectivity index (χ1) is 13.6. The number of benzene rings is 1. The van der Waals surface area contributed by atoms with E-state index in [4.69, 9.17) is 9.47 Å². The van der Waals surface area contributed by atoms with E-state index in [1.165, 1.54) is 28.5 Å². The number of esters is 2. The minimum absolute atomic E-state index is 0.0373. The van der Waals surface area contributed by atoms with Gasteiger partial charge in [0.15, 0.2) is 0 Å². The molecular formula is C24H28O4S. The summed E-state index contributed by atoms with van der Waals surface area (Å²) in [7, 11) is 0. The third kappa shape index (κ3) is 4.61. The summed E-state index contributed by atoms with van der Waals surface area (Å²) >= 11 is 1.26. The Hall–Kier alpha value is -2.40. The molecule has 2 aromatic rings. The summed E-state index contributed by atoms with van der Waals surface area (Å²) in [6, 6.07) is 9.39. The summed E-state index contributed by atoms with van der Waals surface area (Å²) in [6.07, 6.45) is 3.74. The van der Waals surface area contributed by atoms with E-state index in [1.807, 2.05) is 12.1 Å². The van der Waals surface area contributed by atoms with Crippen molar-refractivity contribution in [1.29, 1.82) is 0 Å². The van der Waals surface area contributed by atoms with Crippen LogP contribution in [0.25, 0.3) is 0 Å². The fraction of sp³-hybridized carbons (Fsp3) is 0.417. The van der Waals surface area contributed by atoms with Crippen LogP contribution in [0.15, 0.2) is 43.0 Å². The van der Waals surface area contributed by atoms with Gasteiger partial charge in [-0.15, -0.1) is 11.3 Å². The lowest BCUT2D eigenvalue weighted by Gasteiger charge is -2.41. The van der Waals surface area contributed by atoms with E-state index < -0.39 is 5.97 Å². The number of fused-ring (bicyclic) bond motifs is 1. The second-order valence-corrected chi connectivity index (χ2v) is 9.93. The number of carbonyl (C=O) groups is 2. The fourth-order valence-electron chi connectivity index (χ4n) is 3.71. The summed E-state index contributed by atoms with van der Waals surface area (Å²) in [5, 5.41) is 0. The number of hydrogen-bond donors (Lipinski definition) is 0. The van der Waals surface area contributed by atoms with E-state index in [2.05, 4.69) is 40.3 Å². The van der Waals surface area contributed by atoms with Gasteiger partial charge >= 0.3 is 11.9 Å². The number of hydrogen-bond acceptors (Lipinski definition) is 5. The van der Waals surface area contributed by atoms with Crippen molar-refractivity contribution in [3.05, 3.63) is 69.4 Å². The van der Waals surface area contributed by atoms with Crippen molar-refractivity contribution in [2.24, 2.45) is 0 Å². The van der Waals surface area contributed by atoms with Gasteiger partial charge in [0.25, 0.3) is 0 Å². The van der Waals surface area contributed by atoms with Gasteiger partial charge in [-0.1, -0.05) is 46.4 Å². The third-order valence-corrected chi connectivity index (χ3v) is 6.67. The summed E-state index contributed by atoms with van der Waals surface area (Å²) in [5.74, 6) is -0.747. The van der Waals surface area contributed by atoms with Gasteiger partial charge in [-0.05, 0) is 59.1 Å². The lowest BCUT2D eigenvalue weighted by molar-refractivity contribution is 0.0475. The van der Waals surface area contributed by atoms with Gasteiger partial charge in [0, 0.05) is 4.88 Å². The number of ether oxygens (including phenoxy) is 2. The largest absolute Gasteiger partial charge is 0.457 e. The molecule has 0 amide bonds. The monoisotopic (exact) mass is 412 g/mol. The quantitative estimate of drug-likeness (QED) is 0.445. The summed E-state index contributed by atoms with van der Waals surface area (Å²) in [6.45, 7) is 12.8. The van der Waals surface area contributed by atoms with E-state index in [0.717, 1.165) is 17.7 Å². The van der Waals surface area contributed by atoms with Crippen molar-refractivity contribution >= 4 is 23.3 Å². The van der Waals surface area contributed by atoms with Crippen LogP contribution < -0.4 is 0 Å². The molecule has 0 saturated carbocycles.